The lowest BCUT2D eigenvalue weighted by Gasteiger charge is -2.23. The van der Waals surface area contributed by atoms with Gasteiger partial charge in [-0.1, -0.05) is 12.5 Å². The third-order valence-electron chi connectivity index (χ3n) is 3.39. The Balaban J connectivity index is 1.69. The summed E-state index contributed by atoms with van der Waals surface area (Å²) >= 11 is 0. The molecular weight excluding hydrogens is 224 g/mol. The van der Waals surface area contributed by atoms with E-state index in [0.29, 0.717) is 6.04 Å². The molecule has 0 spiro atoms. The van der Waals surface area contributed by atoms with Crippen molar-refractivity contribution in [3.63, 3.8) is 0 Å². The predicted octanol–water partition coefficient (Wildman–Crippen LogP) is 2.09. The number of nitrogens with zero attached hydrogens (tertiary/aromatic N) is 3. The fraction of sp³-hybridized carbons (Fsp3) is 0.429. The van der Waals surface area contributed by atoms with Crippen LogP contribution in [0.4, 0.5) is 0 Å². The van der Waals surface area contributed by atoms with E-state index in [9.17, 15) is 0 Å². The summed E-state index contributed by atoms with van der Waals surface area (Å²) in [6, 6.07) is 8.50. The molecule has 0 aliphatic carbocycles. The fourth-order valence-corrected chi connectivity index (χ4v) is 2.42. The van der Waals surface area contributed by atoms with Gasteiger partial charge in [0.15, 0.2) is 0 Å². The molecule has 2 aromatic heterocycles. The summed E-state index contributed by atoms with van der Waals surface area (Å²) in [5.41, 5.74) is 1.89. The van der Waals surface area contributed by atoms with Crippen LogP contribution >= 0.6 is 0 Å². The minimum atomic E-state index is 0.565. The molecule has 0 radical (unpaired) electrons. The summed E-state index contributed by atoms with van der Waals surface area (Å²) in [7, 11) is 0. The maximum Gasteiger partial charge on any atom is 0.111 e. The second kappa shape index (κ2) is 5.31. The van der Waals surface area contributed by atoms with Crippen LogP contribution in [0.15, 0.2) is 36.7 Å². The smallest absolute Gasteiger partial charge is 0.111 e. The van der Waals surface area contributed by atoms with Gasteiger partial charge in [-0.25, -0.2) is 0 Å². The first-order valence-electron chi connectivity index (χ1n) is 6.60. The quantitative estimate of drug-likeness (QED) is 0.896. The van der Waals surface area contributed by atoms with Gasteiger partial charge in [-0.15, -0.1) is 0 Å². The molecule has 1 aliphatic rings. The largest absolute Gasteiger partial charge is 0.312 e. The molecule has 1 fully saturated rings. The molecule has 2 aromatic rings. The number of piperidine rings is 1. The molecule has 1 N–H and O–H groups in total. The molecule has 0 aromatic carbocycles. The van der Waals surface area contributed by atoms with Crippen LogP contribution in [-0.4, -0.2) is 27.4 Å². The zero-order valence-electron chi connectivity index (χ0n) is 10.4. The fourth-order valence-electron chi connectivity index (χ4n) is 2.42. The summed E-state index contributed by atoms with van der Waals surface area (Å²) in [5, 5.41) is 8.13. The Bertz CT molecular complexity index is 486. The third-order valence-corrected chi connectivity index (χ3v) is 3.39. The van der Waals surface area contributed by atoms with Crippen molar-refractivity contribution in [2.75, 3.05) is 6.54 Å². The average Bonchev–Trinajstić information content (AvgIpc) is 2.89. The highest BCUT2D eigenvalue weighted by atomic mass is 15.3. The van der Waals surface area contributed by atoms with E-state index in [1.165, 1.54) is 19.3 Å². The first-order valence-corrected chi connectivity index (χ1v) is 6.60. The van der Waals surface area contributed by atoms with Crippen molar-refractivity contribution >= 4 is 0 Å². The molecule has 0 unspecified atom stereocenters. The first-order chi connectivity index (χ1) is 8.92. The maximum atomic E-state index is 4.59. The van der Waals surface area contributed by atoms with Gasteiger partial charge < -0.3 is 5.32 Å². The highest BCUT2D eigenvalue weighted by Gasteiger charge is 2.13. The Hall–Kier alpha value is -1.68. The second-order valence-corrected chi connectivity index (χ2v) is 4.78. The van der Waals surface area contributed by atoms with Gasteiger partial charge in [0.25, 0.3) is 0 Å². The molecule has 1 atom stereocenters. The van der Waals surface area contributed by atoms with Crippen molar-refractivity contribution in [1.82, 2.24) is 20.1 Å². The molecule has 0 saturated carbocycles. The van der Waals surface area contributed by atoms with Gasteiger partial charge in [0.05, 0.1) is 12.2 Å². The van der Waals surface area contributed by atoms with Gasteiger partial charge in [-0.05, 0) is 37.6 Å². The van der Waals surface area contributed by atoms with Crippen LogP contribution in [0.25, 0.3) is 11.4 Å². The third kappa shape index (κ3) is 2.59. The van der Waals surface area contributed by atoms with Crippen LogP contribution in [0.5, 0.6) is 0 Å². The highest BCUT2D eigenvalue weighted by Crippen LogP contribution is 2.14. The molecule has 3 heterocycles. The molecule has 3 rings (SSSR count). The number of aromatic nitrogens is 3. The zero-order chi connectivity index (χ0) is 12.2. The molecule has 1 saturated heterocycles. The van der Waals surface area contributed by atoms with E-state index >= 15 is 0 Å². The van der Waals surface area contributed by atoms with E-state index in [-0.39, 0.29) is 0 Å². The number of hydrogen-bond donors (Lipinski definition) is 1. The molecule has 94 valence electrons. The number of rotatable bonds is 3. The highest BCUT2D eigenvalue weighted by molar-refractivity contribution is 5.52. The molecule has 0 bridgehead atoms. The molecular formula is C14H18N4. The number of nitrogens with one attached hydrogen (secondary N) is 1. The van der Waals surface area contributed by atoms with Gasteiger partial charge in [0, 0.05) is 18.4 Å². The second-order valence-electron chi connectivity index (χ2n) is 4.78. The Kier molecular flexibility index (Phi) is 3.37. The van der Waals surface area contributed by atoms with Crippen molar-refractivity contribution in [1.29, 1.82) is 0 Å². The summed E-state index contributed by atoms with van der Waals surface area (Å²) in [4.78, 5) is 4.32. The monoisotopic (exact) mass is 242 g/mol. The van der Waals surface area contributed by atoms with E-state index in [4.69, 9.17) is 0 Å². The van der Waals surface area contributed by atoms with Crippen LogP contribution < -0.4 is 5.32 Å². The summed E-state index contributed by atoms with van der Waals surface area (Å²) in [6.07, 6.45) is 7.72. The van der Waals surface area contributed by atoms with Crippen LogP contribution in [-0.2, 0) is 6.54 Å². The van der Waals surface area contributed by atoms with Crippen LogP contribution in [0.3, 0.4) is 0 Å². The van der Waals surface area contributed by atoms with Crippen LogP contribution in [0.2, 0.25) is 0 Å². The average molecular weight is 242 g/mol. The summed E-state index contributed by atoms with van der Waals surface area (Å²) < 4.78 is 2.02. The number of pyridine rings is 1. The van der Waals surface area contributed by atoms with Gasteiger partial charge in [0.2, 0.25) is 0 Å². The van der Waals surface area contributed by atoms with Crippen molar-refractivity contribution in [3.8, 4) is 11.4 Å². The Labute approximate surface area is 107 Å². The van der Waals surface area contributed by atoms with Gasteiger partial charge in [-0.2, -0.15) is 5.10 Å². The van der Waals surface area contributed by atoms with Crippen LogP contribution in [0.1, 0.15) is 19.3 Å². The Morgan fingerprint density at radius 3 is 3.00 bits per heavy atom. The van der Waals surface area contributed by atoms with E-state index in [0.717, 1.165) is 24.5 Å². The van der Waals surface area contributed by atoms with Gasteiger partial charge in [-0.3, -0.25) is 9.67 Å². The topological polar surface area (TPSA) is 42.7 Å². The molecule has 18 heavy (non-hydrogen) atoms. The van der Waals surface area contributed by atoms with Crippen molar-refractivity contribution in [3.05, 3.63) is 36.7 Å². The van der Waals surface area contributed by atoms with Crippen molar-refractivity contribution < 1.29 is 0 Å². The molecule has 4 heteroatoms. The predicted molar refractivity (Wildman–Crippen MR) is 71.1 cm³/mol. The minimum Gasteiger partial charge on any atom is -0.312 e. The zero-order valence-corrected chi connectivity index (χ0v) is 10.4. The standard InChI is InChI=1S/C14H18N4/c1-3-8-15-12(5-1)11-18-10-7-14(17-18)13-6-2-4-9-16-13/h2,4,6-7,9-10,12,15H,1,3,5,8,11H2/t12-/m0/s1. The summed E-state index contributed by atoms with van der Waals surface area (Å²) in [6.45, 7) is 2.09. The minimum absolute atomic E-state index is 0.565. The van der Waals surface area contributed by atoms with E-state index in [1.807, 2.05) is 35.1 Å². The summed E-state index contributed by atoms with van der Waals surface area (Å²) in [5.74, 6) is 0. The lowest BCUT2D eigenvalue weighted by Crippen LogP contribution is -2.37. The lowest BCUT2D eigenvalue weighted by atomic mass is 10.1. The molecule has 0 amide bonds. The van der Waals surface area contributed by atoms with Gasteiger partial charge in [0.1, 0.15) is 5.69 Å². The lowest BCUT2D eigenvalue weighted by molar-refractivity contribution is 0.351. The van der Waals surface area contributed by atoms with E-state index in [2.05, 4.69) is 15.4 Å². The number of hydrogen-bond acceptors (Lipinski definition) is 3. The molecule has 4 nitrogen and oxygen atoms in total. The van der Waals surface area contributed by atoms with Crippen molar-refractivity contribution in [2.45, 2.75) is 31.8 Å². The Morgan fingerprint density at radius 2 is 2.22 bits per heavy atom. The normalized spacial score (nSPS) is 19.9. The Morgan fingerprint density at radius 1 is 1.22 bits per heavy atom. The van der Waals surface area contributed by atoms with E-state index < -0.39 is 0 Å². The van der Waals surface area contributed by atoms with Gasteiger partial charge >= 0.3 is 0 Å². The van der Waals surface area contributed by atoms with Crippen molar-refractivity contribution in [2.24, 2.45) is 0 Å². The van der Waals surface area contributed by atoms with E-state index in [1.54, 1.807) is 6.20 Å². The van der Waals surface area contributed by atoms with Crippen LogP contribution in [0, 0.1) is 0 Å². The first kappa shape index (κ1) is 11.4. The maximum absolute atomic E-state index is 4.59. The SMILES string of the molecule is c1ccc(-c2ccn(C[C@@H]3CCCCN3)n2)nc1. The molecule has 1 aliphatic heterocycles.